The summed E-state index contributed by atoms with van der Waals surface area (Å²) < 4.78 is 5.09. The van der Waals surface area contributed by atoms with E-state index in [1.54, 1.807) is 32.9 Å². The van der Waals surface area contributed by atoms with Gasteiger partial charge in [0.25, 0.3) is 5.69 Å². The van der Waals surface area contributed by atoms with E-state index in [1.165, 1.54) is 12.1 Å². The summed E-state index contributed by atoms with van der Waals surface area (Å²) in [4.78, 5) is 21.6. The Balaban J connectivity index is 2.24. The highest BCUT2D eigenvalue weighted by Crippen LogP contribution is 2.12. The van der Waals surface area contributed by atoms with Crippen molar-refractivity contribution in [3.05, 3.63) is 39.9 Å². The molecule has 1 rings (SSSR count). The number of nitrogens with zero attached hydrogens (tertiary/aromatic N) is 1. The summed E-state index contributed by atoms with van der Waals surface area (Å²) in [6.07, 6.45) is -0.459. The zero-order chi connectivity index (χ0) is 15.9. The fourth-order valence-electron chi connectivity index (χ4n) is 1.58. The number of nitro benzene ring substituents is 1. The van der Waals surface area contributed by atoms with Crippen molar-refractivity contribution in [2.24, 2.45) is 0 Å². The molecule has 0 atom stereocenters. The number of nitrogens with one attached hydrogen (secondary N) is 2. The van der Waals surface area contributed by atoms with E-state index in [2.05, 4.69) is 10.6 Å². The maximum Gasteiger partial charge on any atom is 0.407 e. The van der Waals surface area contributed by atoms with Gasteiger partial charge in [-0.3, -0.25) is 10.1 Å². The van der Waals surface area contributed by atoms with Gasteiger partial charge in [0, 0.05) is 31.8 Å². The van der Waals surface area contributed by atoms with E-state index in [4.69, 9.17) is 4.74 Å². The minimum Gasteiger partial charge on any atom is -0.444 e. The Labute approximate surface area is 123 Å². The fourth-order valence-corrected chi connectivity index (χ4v) is 1.58. The molecule has 1 aromatic rings. The standard InChI is InChI=1S/C14H21N3O4/c1-14(2,3)21-13(18)16-8-7-15-10-11-5-4-6-12(9-11)17(19)20/h4-6,9,15H,7-8,10H2,1-3H3,(H,16,18). The number of hydrogen-bond donors (Lipinski definition) is 2. The highest BCUT2D eigenvalue weighted by molar-refractivity contribution is 5.67. The van der Waals surface area contributed by atoms with Crippen molar-refractivity contribution in [1.29, 1.82) is 0 Å². The first-order valence-corrected chi connectivity index (χ1v) is 6.69. The molecule has 7 nitrogen and oxygen atoms in total. The van der Waals surface area contributed by atoms with Gasteiger partial charge in [-0.1, -0.05) is 12.1 Å². The summed E-state index contributed by atoms with van der Waals surface area (Å²) in [5, 5.41) is 16.4. The highest BCUT2D eigenvalue weighted by Gasteiger charge is 2.15. The lowest BCUT2D eigenvalue weighted by molar-refractivity contribution is -0.384. The molecule has 0 spiro atoms. The van der Waals surface area contributed by atoms with Crippen LogP contribution in [-0.4, -0.2) is 29.7 Å². The Bertz CT molecular complexity index is 497. The minimum atomic E-state index is -0.513. The maximum absolute atomic E-state index is 11.4. The number of ether oxygens (including phenoxy) is 1. The Hall–Kier alpha value is -2.15. The average molecular weight is 295 g/mol. The summed E-state index contributed by atoms with van der Waals surface area (Å²) in [7, 11) is 0. The molecule has 1 amide bonds. The van der Waals surface area contributed by atoms with Crippen LogP contribution in [0.3, 0.4) is 0 Å². The van der Waals surface area contributed by atoms with Crippen LogP contribution in [0.4, 0.5) is 10.5 Å². The number of alkyl carbamates (subject to hydrolysis) is 1. The van der Waals surface area contributed by atoms with Crippen LogP contribution in [0, 0.1) is 10.1 Å². The molecule has 0 aliphatic heterocycles. The smallest absolute Gasteiger partial charge is 0.407 e. The topological polar surface area (TPSA) is 93.5 Å². The predicted molar refractivity (Wildman–Crippen MR) is 79.0 cm³/mol. The first-order chi connectivity index (χ1) is 9.78. The van der Waals surface area contributed by atoms with E-state index in [-0.39, 0.29) is 5.69 Å². The third-order valence-electron chi connectivity index (χ3n) is 2.42. The normalized spacial score (nSPS) is 11.0. The van der Waals surface area contributed by atoms with E-state index < -0.39 is 16.6 Å². The van der Waals surface area contributed by atoms with E-state index in [1.807, 2.05) is 0 Å². The van der Waals surface area contributed by atoms with Crippen LogP contribution in [0.25, 0.3) is 0 Å². The maximum atomic E-state index is 11.4. The number of carbonyl (C=O) groups excluding carboxylic acids is 1. The van der Waals surface area contributed by atoms with Gasteiger partial charge in [0.1, 0.15) is 5.60 Å². The quantitative estimate of drug-likeness (QED) is 0.477. The Morgan fingerprint density at radius 1 is 1.33 bits per heavy atom. The van der Waals surface area contributed by atoms with Gasteiger partial charge in [-0.25, -0.2) is 4.79 Å². The minimum absolute atomic E-state index is 0.0705. The summed E-state index contributed by atoms with van der Waals surface area (Å²) in [5.74, 6) is 0. The molecule has 21 heavy (non-hydrogen) atoms. The average Bonchev–Trinajstić information content (AvgIpc) is 2.36. The monoisotopic (exact) mass is 295 g/mol. The van der Waals surface area contributed by atoms with Crippen LogP contribution in [0.2, 0.25) is 0 Å². The van der Waals surface area contributed by atoms with Crippen LogP contribution < -0.4 is 10.6 Å². The number of carbonyl (C=O) groups is 1. The molecule has 0 heterocycles. The lowest BCUT2D eigenvalue weighted by atomic mass is 10.2. The molecule has 1 aromatic carbocycles. The molecule has 116 valence electrons. The van der Waals surface area contributed by atoms with Crippen molar-refractivity contribution in [2.75, 3.05) is 13.1 Å². The molecule has 0 unspecified atom stereocenters. The molecule has 0 radical (unpaired) electrons. The van der Waals surface area contributed by atoms with Gasteiger partial charge < -0.3 is 15.4 Å². The van der Waals surface area contributed by atoms with Crippen LogP contribution >= 0.6 is 0 Å². The molecule has 0 aliphatic carbocycles. The van der Waals surface area contributed by atoms with E-state index in [9.17, 15) is 14.9 Å². The number of rotatable bonds is 6. The number of nitro groups is 1. The Kier molecular flexibility index (Phi) is 6.10. The van der Waals surface area contributed by atoms with Crippen molar-refractivity contribution in [3.8, 4) is 0 Å². The Morgan fingerprint density at radius 3 is 2.67 bits per heavy atom. The molecule has 7 heteroatoms. The van der Waals surface area contributed by atoms with Crippen molar-refractivity contribution in [2.45, 2.75) is 32.9 Å². The zero-order valence-electron chi connectivity index (χ0n) is 12.5. The SMILES string of the molecule is CC(C)(C)OC(=O)NCCNCc1cccc([N+](=O)[O-])c1. The van der Waals surface area contributed by atoms with E-state index in [0.717, 1.165) is 5.56 Å². The molecule has 0 aromatic heterocycles. The largest absolute Gasteiger partial charge is 0.444 e. The molecule has 0 saturated heterocycles. The van der Waals surface area contributed by atoms with Crippen molar-refractivity contribution in [1.82, 2.24) is 10.6 Å². The molecular weight excluding hydrogens is 274 g/mol. The van der Waals surface area contributed by atoms with Crippen LogP contribution in [0.5, 0.6) is 0 Å². The molecule has 0 fully saturated rings. The van der Waals surface area contributed by atoms with Crippen molar-refractivity contribution < 1.29 is 14.5 Å². The van der Waals surface area contributed by atoms with Gasteiger partial charge in [-0.15, -0.1) is 0 Å². The van der Waals surface area contributed by atoms with Gasteiger partial charge in [0.15, 0.2) is 0 Å². The number of non-ortho nitro benzene ring substituents is 1. The van der Waals surface area contributed by atoms with Crippen LogP contribution in [0.15, 0.2) is 24.3 Å². The summed E-state index contributed by atoms with van der Waals surface area (Å²) >= 11 is 0. The van der Waals surface area contributed by atoms with Crippen LogP contribution in [-0.2, 0) is 11.3 Å². The molecule has 2 N–H and O–H groups in total. The molecule has 0 saturated carbocycles. The number of benzene rings is 1. The molecule has 0 bridgehead atoms. The third kappa shape index (κ3) is 7.26. The van der Waals surface area contributed by atoms with Gasteiger partial charge in [0.05, 0.1) is 4.92 Å². The highest BCUT2D eigenvalue weighted by atomic mass is 16.6. The van der Waals surface area contributed by atoms with Gasteiger partial charge in [-0.05, 0) is 26.3 Å². The van der Waals surface area contributed by atoms with E-state index in [0.29, 0.717) is 19.6 Å². The Morgan fingerprint density at radius 2 is 2.05 bits per heavy atom. The summed E-state index contributed by atoms with van der Waals surface area (Å²) in [6.45, 7) is 6.86. The number of hydrogen-bond acceptors (Lipinski definition) is 5. The lowest BCUT2D eigenvalue weighted by Gasteiger charge is -2.19. The van der Waals surface area contributed by atoms with Gasteiger partial charge in [-0.2, -0.15) is 0 Å². The molecule has 0 aliphatic rings. The second kappa shape index (κ2) is 7.58. The third-order valence-corrected chi connectivity index (χ3v) is 2.42. The fraction of sp³-hybridized carbons (Fsp3) is 0.500. The van der Waals surface area contributed by atoms with Crippen molar-refractivity contribution >= 4 is 11.8 Å². The zero-order valence-corrected chi connectivity index (χ0v) is 12.5. The second-order valence-electron chi connectivity index (χ2n) is 5.53. The predicted octanol–water partition coefficient (Wildman–Crippen LogP) is 2.21. The molecular formula is C14H21N3O4. The van der Waals surface area contributed by atoms with Crippen molar-refractivity contribution in [3.63, 3.8) is 0 Å². The second-order valence-corrected chi connectivity index (χ2v) is 5.53. The van der Waals surface area contributed by atoms with Gasteiger partial charge >= 0.3 is 6.09 Å². The van der Waals surface area contributed by atoms with E-state index >= 15 is 0 Å². The summed E-state index contributed by atoms with van der Waals surface area (Å²) in [6, 6.07) is 6.43. The lowest BCUT2D eigenvalue weighted by Crippen LogP contribution is -2.36. The van der Waals surface area contributed by atoms with Gasteiger partial charge in [0.2, 0.25) is 0 Å². The first-order valence-electron chi connectivity index (χ1n) is 6.69. The number of amides is 1. The first kappa shape index (κ1) is 16.9. The van der Waals surface area contributed by atoms with Crippen LogP contribution in [0.1, 0.15) is 26.3 Å². The summed E-state index contributed by atoms with van der Waals surface area (Å²) in [5.41, 5.74) is 0.378.